The highest BCUT2D eigenvalue weighted by molar-refractivity contribution is 6.22. The zero-order chi connectivity index (χ0) is 24.3. The van der Waals surface area contributed by atoms with Crippen LogP contribution in [-0.2, 0) is 6.42 Å². The lowest BCUT2D eigenvalue weighted by molar-refractivity contribution is 0.0428. The molecule has 2 amide bonds. The van der Waals surface area contributed by atoms with E-state index in [0.29, 0.717) is 40.2 Å². The first-order valence-corrected chi connectivity index (χ1v) is 12.4. The van der Waals surface area contributed by atoms with E-state index in [-0.39, 0.29) is 23.4 Å². The topological polar surface area (TPSA) is 101 Å². The molecule has 2 N–H and O–H groups in total. The number of carbonyl (C=O) groups is 2. The number of carbonyl (C=O) groups excluding carboxylic acids is 2. The van der Waals surface area contributed by atoms with E-state index >= 15 is 0 Å². The molecule has 2 fully saturated rings. The molecule has 0 radical (unpaired) electrons. The summed E-state index contributed by atoms with van der Waals surface area (Å²) in [5.41, 5.74) is 4.02. The minimum Gasteiger partial charge on any atom is -0.387 e. The number of nitrogens with one attached hydrogen (secondary N) is 2. The van der Waals surface area contributed by atoms with E-state index in [4.69, 9.17) is 0 Å². The number of H-pyrrole nitrogens is 1. The number of hydrogen-bond acceptors (Lipinski definition) is 7. The molecule has 4 aliphatic heterocycles. The van der Waals surface area contributed by atoms with Crippen molar-refractivity contribution in [2.45, 2.75) is 25.3 Å². The molecule has 182 valence electrons. The Morgan fingerprint density at radius 3 is 2.49 bits per heavy atom. The van der Waals surface area contributed by atoms with Gasteiger partial charge in [-0.05, 0) is 49.6 Å². The van der Waals surface area contributed by atoms with Gasteiger partial charge in [0.15, 0.2) is 0 Å². The molecule has 0 unspecified atom stereocenters. The van der Waals surface area contributed by atoms with E-state index in [1.54, 1.807) is 31.4 Å². The lowest BCUT2D eigenvalue weighted by Crippen LogP contribution is -2.52. The number of rotatable bonds is 5. The van der Waals surface area contributed by atoms with Gasteiger partial charge in [0.2, 0.25) is 0 Å². The van der Waals surface area contributed by atoms with E-state index < -0.39 is 0 Å². The first kappa shape index (κ1) is 22.2. The lowest BCUT2D eigenvalue weighted by atomic mass is 9.97. The maximum atomic E-state index is 13.3. The van der Waals surface area contributed by atoms with Gasteiger partial charge >= 0.3 is 0 Å². The van der Waals surface area contributed by atoms with Gasteiger partial charge in [-0.3, -0.25) is 24.3 Å². The monoisotopic (exact) mass is 474 g/mol. The number of fused-ring (bicyclic) bond motifs is 2. The van der Waals surface area contributed by atoms with Crippen molar-refractivity contribution in [3.8, 4) is 0 Å². The molecule has 9 heteroatoms. The fourth-order valence-corrected chi connectivity index (χ4v) is 6.07. The summed E-state index contributed by atoms with van der Waals surface area (Å²) >= 11 is 0. The Morgan fingerprint density at radius 1 is 1.09 bits per heavy atom. The molecule has 9 nitrogen and oxygen atoms in total. The SMILES string of the molecule is CNc1cc[nH]c(=O)c1C1=Nc2cc3c(cc2C1)C(=O)N(C1CCN(CC2CN(C)C2)CC1)C3=O. The van der Waals surface area contributed by atoms with Crippen LogP contribution in [0.25, 0.3) is 0 Å². The number of anilines is 1. The molecule has 1 aromatic heterocycles. The number of piperidine rings is 1. The first-order valence-electron chi connectivity index (χ1n) is 12.4. The Balaban J connectivity index is 1.20. The highest BCUT2D eigenvalue weighted by Crippen LogP contribution is 2.37. The number of pyridine rings is 1. The molecule has 1 aromatic carbocycles. The van der Waals surface area contributed by atoms with Crippen LogP contribution in [-0.4, -0.2) is 90.1 Å². The van der Waals surface area contributed by atoms with E-state index in [2.05, 4.69) is 32.1 Å². The number of aromatic amines is 1. The standard InChI is InChI=1S/C26H30N6O3/c1-27-20-3-6-28-24(33)23(20)22-10-16-9-18-19(11-21(16)29-22)26(35)32(25(18)34)17-4-7-31(8-5-17)14-15-12-30(2)13-15/h3,6,9,11,15,17H,4-5,7-8,10,12-14H2,1-2H3,(H2,27,28,33). The Bertz CT molecular complexity index is 1300. The summed E-state index contributed by atoms with van der Waals surface area (Å²) in [6.07, 6.45) is 3.68. The molecule has 6 rings (SSSR count). The van der Waals surface area contributed by atoms with Crippen molar-refractivity contribution in [3.05, 3.63) is 57.0 Å². The predicted molar refractivity (Wildman–Crippen MR) is 134 cm³/mol. The van der Waals surface area contributed by atoms with Crippen LogP contribution in [0, 0.1) is 5.92 Å². The number of nitrogens with zero attached hydrogens (tertiary/aromatic N) is 4. The van der Waals surface area contributed by atoms with Crippen LogP contribution in [0.2, 0.25) is 0 Å². The zero-order valence-corrected chi connectivity index (χ0v) is 20.1. The molecule has 2 aromatic rings. The summed E-state index contributed by atoms with van der Waals surface area (Å²) in [4.78, 5) is 52.8. The summed E-state index contributed by atoms with van der Waals surface area (Å²) in [6, 6.07) is 5.27. The smallest absolute Gasteiger partial charge is 0.261 e. The van der Waals surface area contributed by atoms with Gasteiger partial charge in [0.1, 0.15) is 0 Å². The Hall–Kier alpha value is -3.30. The quantitative estimate of drug-likeness (QED) is 0.640. The molecule has 5 heterocycles. The van der Waals surface area contributed by atoms with Gasteiger partial charge in [-0.25, -0.2) is 0 Å². The van der Waals surface area contributed by atoms with E-state index in [9.17, 15) is 14.4 Å². The molecule has 4 aliphatic rings. The number of hydrogen-bond donors (Lipinski definition) is 2. The van der Waals surface area contributed by atoms with Crippen LogP contribution in [0.1, 0.15) is 44.7 Å². The summed E-state index contributed by atoms with van der Waals surface area (Å²) in [5, 5.41) is 3.04. The van der Waals surface area contributed by atoms with Gasteiger partial charge < -0.3 is 20.1 Å². The van der Waals surface area contributed by atoms with Gasteiger partial charge in [0.25, 0.3) is 17.4 Å². The van der Waals surface area contributed by atoms with E-state index in [0.717, 1.165) is 57.0 Å². The van der Waals surface area contributed by atoms with Gasteiger partial charge in [-0.15, -0.1) is 0 Å². The highest BCUT2D eigenvalue weighted by atomic mass is 16.2. The second kappa shape index (κ2) is 8.42. The third kappa shape index (κ3) is 3.70. The molecule has 0 atom stereocenters. The number of aromatic nitrogens is 1. The van der Waals surface area contributed by atoms with Gasteiger partial charge in [-0.1, -0.05) is 0 Å². The van der Waals surface area contributed by atoms with E-state index in [1.807, 2.05) is 0 Å². The summed E-state index contributed by atoms with van der Waals surface area (Å²) in [6.45, 7) is 5.25. The third-order valence-electron chi connectivity index (χ3n) is 7.83. The van der Waals surface area contributed by atoms with Gasteiger partial charge in [-0.2, -0.15) is 0 Å². The number of imide groups is 1. The van der Waals surface area contributed by atoms with Crippen molar-refractivity contribution in [1.29, 1.82) is 0 Å². The minimum absolute atomic E-state index is 0.0577. The predicted octanol–water partition coefficient (Wildman–Crippen LogP) is 1.72. The number of benzene rings is 1. The second-order valence-corrected chi connectivity index (χ2v) is 10.2. The first-order chi connectivity index (χ1) is 16.9. The van der Waals surface area contributed by atoms with Crippen molar-refractivity contribution < 1.29 is 9.59 Å². The summed E-state index contributed by atoms with van der Waals surface area (Å²) < 4.78 is 0. The normalized spacial score (nSPS) is 21.2. The molecule has 0 aliphatic carbocycles. The average Bonchev–Trinajstić information content (AvgIpc) is 3.35. The Morgan fingerprint density at radius 2 is 1.80 bits per heavy atom. The van der Waals surface area contributed by atoms with Gasteiger partial charge in [0.05, 0.1) is 33.8 Å². The van der Waals surface area contributed by atoms with Crippen LogP contribution >= 0.6 is 0 Å². The third-order valence-corrected chi connectivity index (χ3v) is 7.83. The van der Waals surface area contributed by atoms with Crippen LogP contribution in [0.3, 0.4) is 0 Å². The molecular formula is C26H30N6O3. The van der Waals surface area contributed by atoms with Crippen molar-refractivity contribution in [1.82, 2.24) is 19.7 Å². The van der Waals surface area contributed by atoms with Crippen LogP contribution in [0.15, 0.2) is 34.2 Å². The van der Waals surface area contributed by atoms with Crippen molar-refractivity contribution in [3.63, 3.8) is 0 Å². The highest BCUT2D eigenvalue weighted by Gasteiger charge is 2.42. The molecular weight excluding hydrogens is 444 g/mol. The van der Waals surface area contributed by atoms with Gasteiger partial charge in [0, 0.05) is 58.4 Å². The van der Waals surface area contributed by atoms with E-state index in [1.165, 1.54) is 4.90 Å². The fraction of sp³-hybridized carbons (Fsp3) is 0.462. The Labute approximate surface area is 203 Å². The lowest BCUT2D eigenvalue weighted by Gasteiger charge is -2.42. The van der Waals surface area contributed by atoms with Crippen LogP contribution in [0.5, 0.6) is 0 Å². The zero-order valence-electron chi connectivity index (χ0n) is 20.1. The molecule has 0 spiro atoms. The fourth-order valence-electron chi connectivity index (χ4n) is 6.07. The number of aliphatic imine (C=N–C) groups is 1. The largest absolute Gasteiger partial charge is 0.387 e. The van der Waals surface area contributed by atoms with Crippen molar-refractivity contribution in [2.75, 3.05) is 52.1 Å². The average molecular weight is 475 g/mol. The number of amides is 2. The van der Waals surface area contributed by atoms with Crippen molar-refractivity contribution >= 4 is 28.9 Å². The number of likely N-dealkylation sites (tertiary alicyclic amines) is 2. The van der Waals surface area contributed by atoms with Crippen LogP contribution < -0.4 is 10.9 Å². The maximum Gasteiger partial charge on any atom is 0.261 e. The Kier molecular flexibility index (Phi) is 5.34. The molecule has 0 saturated carbocycles. The summed E-state index contributed by atoms with van der Waals surface area (Å²) in [7, 11) is 3.91. The van der Waals surface area contributed by atoms with Crippen LogP contribution in [0.4, 0.5) is 11.4 Å². The second-order valence-electron chi connectivity index (χ2n) is 10.2. The summed E-state index contributed by atoms with van der Waals surface area (Å²) in [5.74, 6) is 0.317. The minimum atomic E-state index is -0.219. The van der Waals surface area contributed by atoms with Crippen molar-refractivity contribution in [2.24, 2.45) is 10.9 Å². The molecule has 2 saturated heterocycles. The maximum absolute atomic E-state index is 13.3. The molecule has 0 bridgehead atoms. The molecule has 35 heavy (non-hydrogen) atoms.